The second-order valence-electron chi connectivity index (χ2n) is 3.72. The van der Waals surface area contributed by atoms with Gasteiger partial charge in [0.1, 0.15) is 6.10 Å². The molecule has 0 aromatic carbocycles. The molecule has 4 heteroatoms. The maximum Gasteiger partial charge on any atom is 0.163 e. The van der Waals surface area contributed by atoms with E-state index in [2.05, 4.69) is 4.98 Å². The predicted molar refractivity (Wildman–Crippen MR) is 53.1 cm³/mol. The Kier molecular flexibility index (Phi) is 2.47. The van der Waals surface area contributed by atoms with E-state index in [1.54, 1.807) is 12.3 Å². The minimum Gasteiger partial charge on any atom is -0.347 e. The molecule has 0 N–H and O–H groups in total. The molecule has 2 rings (SSSR count). The average Bonchev–Trinajstić information content (AvgIpc) is 2.47. The van der Waals surface area contributed by atoms with Gasteiger partial charge in [0.25, 0.3) is 0 Å². The fraction of sp³-hybridized carbons (Fsp3) is 0.500. The zero-order valence-electron chi connectivity index (χ0n) is 8.16. The number of ether oxygens (including phenoxy) is 2. The quantitative estimate of drug-likeness (QED) is 0.719. The van der Waals surface area contributed by atoms with Gasteiger partial charge in [0, 0.05) is 6.20 Å². The molecular formula is C10H12ClNO2. The van der Waals surface area contributed by atoms with Gasteiger partial charge in [0.2, 0.25) is 0 Å². The van der Waals surface area contributed by atoms with Gasteiger partial charge in [-0.1, -0.05) is 11.6 Å². The van der Waals surface area contributed by atoms with Crippen molar-refractivity contribution in [2.24, 2.45) is 0 Å². The van der Waals surface area contributed by atoms with Gasteiger partial charge in [-0.25, -0.2) is 0 Å². The molecule has 0 radical (unpaired) electrons. The summed E-state index contributed by atoms with van der Waals surface area (Å²) in [5, 5.41) is 0.631. The first-order valence-corrected chi connectivity index (χ1v) is 4.88. The van der Waals surface area contributed by atoms with Crippen LogP contribution in [0.15, 0.2) is 18.3 Å². The number of hydrogen-bond donors (Lipinski definition) is 0. The van der Waals surface area contributed by atoms with Crippen molar-refractivity contribution >= 4 is 11.6 Å². The molecule has 0 bridgehead atoms. The van der Waals surface area contributed by atoms with Gasteiger partial charge in [-0.3, -0.25) is 4.98 Å². The highest BCUT2D eigenvalue weighted by atomic mass is 35.5. The van der Waals surface area contributed by atoms with Crippen molar-refractivity contribution in [1.82, 2.24) is 4.98 Å². The van der Waals surface area contributed by atoms with E-state index < -0.39 is 5.79 Å². The van der Waals surface area contributed by atoms with Gasteiger partial charge < -0.3 is 9.47 Å². The largest absolute Gasteiger partial charge is 0.347 e. The first kappa shape index (κ1) is 9.90. The SMILES string of the molecule is CC1(C)OCC(c2ccc(Cl)cn2)O1. The predicted octanol–water partition coefficient (Wildman–Crippen LogP) is 2.56. The van der Waals surface area contributed by atoms with Gasteiger partial charge in [-0.05, 0) is 26.0 Å². The molecule has 1 aliphatic heterocycles. The zero-order valence-corrected chi connectivity index (χ0v) is 8.91. The van der Waals surface area contributed by atoms with Crippen LogP contribution in [0.3, 0.4) is 0 Å². The van der Waals surface area contributed by atoms with Gasteiger partial charge in [-0.2, -0.15) is 0 Å². The molecule has 3 nitrogen and oxygen atoms in total. The maximum absolute atomic E-state index is 5.74. The lowest BCUT2D eigenvalue weighted by molar-refractivity contribution is -0.139. The van der Waals surface area contributed by atoms with E-state index in [4.69, 9.17) is 21.1 Å². The molecule has 0 aliphatic carbocycles. The van der Waals surface area contributed by atoms with E-state index in [0.717, 1.165) is 5.69 Å². The standard InChI is InChI=1S/C10H12ClNO2/c1-10(2)13-6-9(14-10)8-4-3-7(11)5-12-8/h3-5,9H,6H2,1-2H3. The van der Waals surface area contributed by atoms with Crippen LogP contribution in [0.25, 0.3) is 0 Å². The molecule has 2 heterocycles. The molecule has 0 spiro atoms. The highest BCUT2D eigenvalue weighted by Crippen LogP contribution is 2.31. The van der Waals surface area contributed by atoms with Crippen LogP contribution in [0.5, 0.6) is 0 Å². The van der Waals surface area contributed by atoms with E-state index in [0.29, 0.717) is 11.6 Å². The Morgan fingerprint density at radius 2 is 2.29 bits per heavy atom. The van der Waals surface area contributed by atoms with Crippen molar-refractivity contribution in [3.8, 4) is 0 Å². The molecule has 1 aromatic heterocycles. The maximum atomic E-state index is 5.74. The first-order chi connectivity index (χ1) is 6.57. The molecule has 0 amide bonds. The molecule has 1 atom stereocenters. The van der Waals surface area contributed by atoms with Crippen molar-refractivity contribution < 1.29 is 9.47 Å². The number of aromatic nitrogens is 1. The summed E-state index contributed by atoms with van der Waals surface area (Å²) in [5.74, 6) is -0.508. The summed E-state index contributed by atoms with van der Waals surface area (Å²) in [7, 11) is 0. The monoisotopic (exact) mass is 213 g/mol. The molecule has 1 aromatic rings. The van der Waals surface area contributed by atoms with Gasteiger partial charge in [0.15, 0.2) is 5.79 Å². The van der Waals surface area contributed by atoms with Crippen molar-refractivity contribution in [3.05, 3.63) is 29.0 Å². The number of pyridine rings is 1. The summed E-state index contributed by atoms with van der Waals surface area (Å²) in [6, 6.07) is 3.66. The van der Waals surface area contributed by atoms with E-state index in [1.165, 1.54) is 0 Å². The Morgan fingerprint density at radius 3 is 2.79 bits per heavy atom. The van der Waals surface area contributed by atoms with Crippen LogP contribution in [0.4, 0.5) is 0 Å². The fourth-order valence-electron chi connectivity index (χ4n) is 1.41. The summed E-state index contributed by atoms with van der Waals surface area (Å²) < 4.78 is 11.1. The highest BCUT2D eigenvalue weighted by molar-refractivity contribution is 6.30. The lowest BCUT2D eigenvalue weighted by atomic mass is 10.2. The number of rotatable bonds is 1. The van der Waals surface area contributed by atoms with Gasteiger partial charge >= 0.3 is 0 Å². The van der Waals surface area contributed by atoms with Crippen molar-refractivity contribution in [2.75, 3.05) is 6.61 Å². The van der Waals surface area contributed by atoms with Crippen LogP contribution in [0.2, 0.25) is 5.02 Å². The lowest BCUT2D eigenvalue weighted by Gasteiger charge is -2.16. The van der Waals surface area contributed by atoms with Crippen LogP contribution >= 0.6 is 11.6 Å². The Labute approximate surface area is 88.0 Å². The second kappa shape index (κ2) is 3.50. The first-order valence-electron chi connectivity index (χ1n) is 4.50. The Morgan fingerprint density at radius 1 is 1.50 bits per heavy atom. The summed E-state index contributed by atoms with van der Waals surface area (Å²) in [4.78, 5) is 4.19. The molecule has 0 saturated carbocycles. The third-order valence-corrected chi connectivity index (χ3v) is 2.31. The summed E-state index contributed by atoms with van der Waals surface area (Å²) >= 11 is 5.74. The fourth-order valence-corrected chi connectivity index (χ4v) is 1.52. The normalized spacial score (nSPS) is 25.2. The van der Waals surface area contributed by atoms with Crippen LogP contribution in [-0.4, -0.2) is 17.4 Å². The van der Waals surface area contributed by atoms with Crippen LogP contribution in [0, 0.1) is 0 Å². The van der Waals surface area contributed by atoms with E-state index >= 15 is 0 Å². The van der Waals surface area contributed by atoms with Crippen molar-refractivity contribution in [3.63, 3.8) is 0 Å². The third-order valence-electron chi connectivity index (χ3n) is 2.09. The molecule has 1 fully saturated rings. The zero-order chi connectivity index (χ0) is 10.2. The average molecular weight is 214 g/mol. The van der Waals surface area contributed by atoms with Gasteiger partial charge in [0.05, 0.1) is 17.3 Å². The molecule has 1 saturated heterocycles. The minimum atomic E-state index is -0.508. The van der Waals surface area contributed by atoms with E-state index in [9.17, 15) is 0 Å². The Hall–Kier alpha value is -0.640. The second-order valence-corrected chi connectivity index (χ2v) is 4.16. The number of nitrogens with zero attached hydrogens (tertiary/aromatic N) is 1. The smallest absolute Gasteiger partial charge is 0.163 e. The molecular weight excluding hydrogens is 202 g/mol. The molecule has 76 valence electrons. The van der Waals surface area contributed by atoms with Gasteiger partial charge in [-0.15, -0.1) is 0 Å². The summed E-state index contributed by atoms with van der Waals surface area (Å²) in [6.07, 6.45) is 1.54. The summed E-state index contributed by atoms with van der Waals surface area (Å²) in [5.41, 5.74) is 0.861. The number of halogens is 1. The summed E-state index contributed by atoms with van der Waals surface area (Å²) in [6.45, 7) is 4.33. The lowest BCUT2D eigenvalue weighted by Crippen LogP contribution is -2.19. The topological polar surface area (TPSA) is 31.4 Å². The molecule has 1 aliphatic rings. The Balaban J connectivity index is 2.14. The number of hydrogen-bond acceptors (Lipinski definition) is 3. The van der Waals surface area contributed by atoms with Crippen molar-refractivity contribution in [1.29, 1.82) is 0 Å². The molecule has 14 heavy (non-hydrogen) atoms. The van der Waals surface area contributed by atoms with Crippen molar-refractivity contribution in [2.45, 2.75) is 25.7 Å². The molecule has 1 unspecified atom stereocenters. The minimum absolute atomic E-state index is 0.0812. The van der Waals surface area contributed by atoms with Crippen LogP contribution < -0.4 is 0 Å². The van der Waals surface area contributed by atoms with E-state index in [1.807, 2.05) is 19.9 Å². The Bertz CT molecular complexity index is 323. The van der Waals surface area contributed by atoms with E-state index in [-0.39, 0.29) is 6.10 Å². The highest BCUT2D eigenvalue weighted by Gasteiger charge is 2.34. The van der Waals surface area contributed by atoms with Crippen LogP contribution in [0.1, 0.15) is 25.6 Å². The van der Waals surface area contributed by atoms with Crippen LogP contribution in [-0.2, 0) is 9.47 Å². The third kappa shape index (κ3) is 2.05.